The Bertz CT molecular complexity index is 957. The maximum Gasteiger partial charge on any atom is 0.306 e. The van der Waals surface area contributed by atoms with Crippen molar-refractivity contribution in [2.45, 2.75) is 25.8 Å². The number of hydrogen-bond acceptors (Lipinski definition) is 2. The highest BCUT2D eigenvalue weighted by molar-refractivity contribution is 5.83. The number of benzene rings is 3. The van der Waals surface area contributed by atoms with Gasteiger partial charge in [-0.1, -0.05) is 60.7 Å². The first kappa shape index (κ1) is 17.7. The molecule has 1 unspecified atom stereocenters. The van der Waals surface area contributed by atoms with E-state index in [1.165, 1.54) is 27.5 Å². The molecule has 0 radical (unpaired) electrons. The quantitative estimate of drug-likeness (QED) is 0.710. The SMILES string of the molecule is Cc1ccccc1C(c1ccc2ccccc2c1)N1CCC(C(=O)O)CC1. The van der Waals surface area contributed by atoms with Crippen molar-refractivity contribution in [3.8, 4) is 0 Å². The standard InChI is InChI=1S/C24H25NO2/c1-17-6-2-5-9-22(17)23(25-14-12-19(13-15-25)24(26)27)21-11-10-18-7-3-4-8-20(18)16-21/h2-11,16,19,23H,12-15H2,1H3,(H,26,27). The van der Waals surface area contributed by atoms with E-state index in [4.69, 9.17) is 0 Å². The summed E-state index contributed by atoms with van der Waals surface area (Å²) in [6.45, 7) is 3.78. The molecule has 0 bridgehead atoms. The van der Waals surface area contributed by atoms with Gasteiger partial charge in [0.1, 0.15) is 0 Å². The molecule has 1 aliphatic heterocycles. The van der Waals surface area contributed by atoms with Crippen molar-refractivity contribution in [3.05, 3.63) is 83.4 Å². The molecule has 1 fully saturated rings. The van der Waals surface area contributed by atoms with Gasteiger partial charge in [0, 0.05) is 0 Å². The molecule has 4 rings (SSSR count). The van der Waals surface area contributed by atoms with Gasteiger partial charge in [-0.25, -0.2) is 0 Å². The lowest BCUT2D eigenvalue weighted by molar-refractivity contribution is -0.143. The van der Waals surface area contributed by atoms with Crippen LogP contribution in [0.4, 0.5) is 0 Å². The molecule has 1 aliphatic rings. The van der Waals surface area contributed by atoms with E-state index in [0.717, 1.165) is 13.1 Å². The summed E-state index contributed by atoms with van der Waals surface area (Å²) in [6.07, 6.45) is 1.43. The highest BCUT2D eigenvalue weighted by Gasteiger charge is 2.30. The summed E-state index contributed by atoms with van der Waals surface area (Å²) < 4.78 is 0. The number of fused-ring (bicyclic) bond motifs is 1. The van der Waals surface area contributed by atoms with Gasteiger partial charge in [0.15, 0.2) is 0 Å². The van der Waals surface area contributed by atoms with E-state index in [0.29, 0.717) is 12.8 Å². The van der Waals surface area contributed by atoms with E-state index in [-0.39, 0.29) is 12.0 Å². The van der Waals surface area contributed by atoms with Crippen LogP contribution >= 0.6 is 0 Å². The third kappa shape index (κ3) is 3.60. The first-order valence-corrected chi connectivity index (χ1v) is 9.64. The molecule has 3 nitrogen and oxygen atoms in total. The molecule has 0 spiro atoms. The molecule has 1 saturated heterocycles. The van der Waals surface area contributed by atoms with E-state index in [2.05, 4.69) is 78.6 Å². The number of rotatable bonds is 4. The normalized spacial score (nSPS) is 17.1. The topological polar surface area (TPSA) is 40.5 Å². The fourth-order valence-electron chi connectivity index (χ4n) is 4.26. The maximum absolute atomic E-state index is 11.4. The van der Waals surface area contributed by atoms with E-state index in [9.17, 15) is 9.90 Å². The van der Waals surface area contributed by atoms with E-state index < -0.39 is 5.97 Å². The lowest BCUT2D eigenvalue weighted by atomic mass is 9.89. The summed E-state index contributed by atoms with van der Waals surface area (Å²) >= 11 is 0. The first-order valence-electron chi connectivity index (χ1n) is 9.64. The summed E-state index contributed by atoms with van der Waals surface area (Å²) in [7, 11) is 0. The second-order valence-electron chi connectivity index (χ2n) is 7.51. The molecular weight excluding hydrogens is 334 g/mol. The lowest BCUT2D eigenvalue weighted by Crippen LogP contribution is -2.39. The Balaban J connectivity index is 1.74. The number of carboxylic acids is 1. The zero-order chi connectivity index (χ0) is 18.8. The van der Waals surface area contributed by atoms with Crippen LogP contribution in [0, 0.1) is 12.8 Å². The molecule has 3 aromatic carbocycles. The van der Waals surface area contributed by atoms with Crippen molar-refractivity contribution in [1.82, 2.24) is 4.90 Å². The minimum Gasteiger partial charge on any atom is -0.481 e. The average molecular weight is 359 g/mol. The number of carbonyl (C=O) groups is 1. The molecule has 138 valence electrons. The molecule has 1 atom stereocenters. The molecule has 0 aliphatic carbocycles. The molecule has 0 amide bonds. The number of likely N-dealkylation sites (tertiary alicyclic amines) is 1. The van der Waals surface area contributed by atoms with Gasteiger partial charge in [0.2, 0.25) is 0 Å². The Morgan fingerprint density at radius 1 is 0.963 bits per heavy atom. The summed E-state index contributed by atoms with van der Waals surface area (Å²) in [5.74, 6) is -0.872. The zero-order valence-corrected chi connectivity index (χ0v) is 15.6. The molecule has 27 heavy (non-hydrogen) atoms. The fourth-order valence-corrected chi connectivity index (χ4v) is 4.26. The van der Waals surface area contributed by atoms with Crippen LogP contribution in [-0.2, 0) is 4.79 Å². The van der Waals surface area contributed by atoms with Crippen LogP contribution in [0.3, 0.4) is 0 Å². The smallest absolute Gasteiger partial charge is 0.306 e. The van der Waals surface area contributed by atoms with Gasteiger partial charge in [-0.05, 0) is 66.4 Å². The van der Waals surface area contributed by atoms with Crippen molar-refractivity contribution in [1.29, 1.82) is 0 Å². The van der Waals surface area contributed by atoms with Crippen molar-refractivity contribution in [2.75, 3.05) is 13.1 Å². The van der Waals surface area contributed by atoms with Crippen LogP contribution in [0.15, 0.2) is 66.7 Å². The Morgan fingerprint density at radius 2 is 1.63 bits per heavy atom. The number of piperidine rings is 1. The van der Waals surface area contributed by atoms with Crippen LogP contribution in [-0.4, -0.2) is 29.1 Å². The zero-order valence-electron chi connectivity index (χ0n) is 15.6. The Hall–Kier alpha value is -2.65. The largest absolute Gasteiger partial charge is 0.481 e. The Morgan fingerprint density at radius 3 is 2.33 bits per heavy atom. The molecule has 0 saturated carbocycles. The van der Waals surface area contributed by atoms with Crippen LogP contribution < -0.4 is 0 Å². The summed E-state index contributed by atoms with van der Waals surface area (Å²) in [6, 6.07) is 23.8. The summed E-state index contributed by atoms with van der Waals surface area (Å²) in [5.41, 5.74) is 3.86. The van der Waals surface area contributed by atoms with Crippen molar-refractivity contribution in [3.63, 3.8) is 0 Å². The molecule has 3 heteroatoms. The summed E-state index contributed by atoms with van der Waals surface area (Å²) in [5, 5.41) is 11.8. The number of aliphatic carboxylic acids is 1. The fraction of sp³-hybridized carbons (Fsp3) is 0.292. The molecule has 1 heterocycles. The third-order valence-corrected chi connectivity index (χ3v) is 5.82. The second kappa shape index (κ2) is 7.53. The number of aryl methyl sites for hydroxylation is 1. The van der Waals surface area contributed by atoms with Gasteiger partial charge in [-0.3, -0.25) is 9.69 Å². The predicted octanol–water partition coefficient (Wildman–Crippen LogP) is 5.03. The minimum absolute atomic E-state index is 0.158. The van der Waals surface area contributed by atoms with Crippen LogP contribution in [0.1, 0.15) is 35.6 Å². The van der Waals surface area contributed by atoms with Crippen LogP contribution in [0.25, 0.3) is 10.8 Å². The average Bonchev–Trinajstić information content (AvgIpc) is 2.70. The van der Waals surface area contributed by atoms with Gasteiger partial charge in [-0.15, -0.1) is 0 Å². The van der Waals surface area contributed by atoms with Crippen LogP contribution in [0.2, 0.25) is 0 Å². The minimum atomic E-state index is -0.659. The van der Waals surface area contributed by atoms with Crippen LogP contribution in [0.5, 0.6) is 0 Å². The Kier molecular flexibility index (Phi) is 4.95. The van der Waals surface area contributed by atoms with E-state index >= 15 is 0 Å². The monoisotopic (exact) mass is 359 g/mol. The van der Waals surface area contributed by atoms with Crippen molar-refractivity contribution in [2.24, 2.45) is 5.92 Å². The van der Waals surface area contributed by atoms with E-state index in [1.807, 2.05) is 0 Å². The van der Waals surface area contributed by atoms with E-state index in [1.54, 1.807) is 0 Å². The van der Waals surface area contributed by atoms with Gasteiger partial charge in [0.25, 0.3) is 0 Å². The number of nitrogens with zero attached hydrogens (tertiary/aromatic N) is 1. The number of carboxylic acid groups (broad SMARTS) is 1. The lowest BCUT2D eigenvalue weighted by Gasteiger charge is -2.37. The second-order valence-corrected chi connectivity index (χ2v) is 7.51. The third-order valence-electron chi connectivity index (χ3n) is 5.82. The number of hydrogen-bond donors (Lipinski definition) is 1. The Labute approximate surface area is 160 Å². The predicted molar refractivity (Wildman–Crippen MR) is 109 cm³/mol. The van der Waals surface area contributed by atoms with Crippen molar-refractivity contribution >= 4 is 16.7 Å². The van der Waals surface area contributed by atoms with Gasteiger partial charge in [0.05, 0.1) is 12.0 Å². The highest BCUT2D eigenvalue weighted by atomic mass is 16.4. The molecule has 3 aromatic rings. The van der Waals surface area contributed by atoms with Gasteiger partial charge < -0.3 is 5.11 Å². The maximum atomic E-state index is 11.4. The van der Waals surface area contributed by atoms with Crippen molar-refractivity contribution < 1.29 is 9.90 Å². The first-order chi connectivity index (χ1) is 13.1. The molecule has 0 aromatic heterocycles. The molecular formula is C24H25NO2. The summed E-state index contributed by atoms with van der Waals surface area (Å²) in [4.78, 5) is 13.8. The highest BCUT2D eigenvalue weighted by Crippen LogP contribution is 2.35. The molecule has 1 N–H and O–H groups in total. The van der Waals surface area contributed by atoms with Gasteiger partial charge in [-0.2, -0.15) is 0 Å². The van der Waals surface area contributed by atoms with Gasteiger partial charge >= 0.3 is 5.97 Å².